The van der Waals surface area contributed by atoms with E-state index in [1.165, 1.54) is 21.6 Å². The Morgan fingerprint density at radius 1 is 1.15 bits per heavy atom. The van der Waals surface area contributed by atoms with Crippen molar-refractivity contribution in [3.05, 3.63) is 51.5 Å². The molecule has 102 valence electrons. The molecule has 0 bridgehead atoms. The van der Waals surface area contributed by atoms with Gasteiger partial charge in [0.25, 0.3) is 0 Å². The predicted molar refractivity (Wildman–Crippen MR) is 88.4 cm³/mol. The fraction of sp³-hybridized carbons (Fsp3) is 0.188. The van der Waals surface area contributed by atoms with Crippen LogP contribution in [-0.2, 0) is 6.54 Å². The molecule has 2 heterocycles. The highest BCUT2D eigenvalue weighted by molar-refractivity contribution is 7.16. The van der Waals surface area contributed by atoms with Crippen molar-refractivity contribution in [1.82, 2.24) is 10.3 Å². The molecule has 4 heteroatoms. The molecular weight excluding hydrogens is 284 g/mol. The molecule has 3 aromatic rings. The third-order valence-corrected chi connectivity index (χ3v) is 5.12. The van der Waals surface area contributed by atoms with E-state index >= 15 is 0 Å². The predicted octanol–water partition coefficient (Wildman–Crippen LogP) is 4.57. The van der Waals surface area contributed by atoms with E-state index < -0.39 is 0 Å². The van der Waals surface area contributed by atoms with Gasteiger partial charge in [0.1, 0.15) is 5.01 Å². The first-order valence-corrected chi connectivity index (χ1v) is 8.28. The summed E-state index contributed by atoms with van der Waals surface area (Å²) in [7, 11) is 1.98. The van der Waals surface area contributed by atoms with Gasteiger partial charge < -0.3 is 5.32 Å². The van der Waals surface area contributed by atoms with Crippen LogP contribution in [0.1, 0.15) is 10.4 Å². The SMILES string of the molecule is CNCc1sc(-c2cscc2C)nc1-c1ccccc1. The molecule has 3 rings (SSSR count). The van der Waals surface area contributed by atoms with Crippen molar-refractivity contribution in [2.45, 2.75) is 13.5 Å². The number of rotatable bonds is 4. The van der Waals surface area contributed by atoms with Crippen molar-refractivity contribution >= 4 is 22.7 Å². The second kappa shape index (κ2) is 5.87. The van der Waals surface area contributed by atoms with Crippen LogP contribution >= 0.6 is 22.7 Å². The molecule has 20 heavy (non-hydrogen) atoms. The number of benzene rings is 1. The van der Waals surface area contributed by atoms with Crippen LogP contribution in [0, 0.1) is 6.92 Å². The molecule has 0 saturated heterocycles. The summed E-state index contributed by atoms with van der Waals surface area (Å²) in [6, 6.07) is 10.4. The van der Waals surface area contributed by atoms with Crippen LogP contribution in [0.25, 0.3) is 21.8 Å². The number of aryl methyl sites for hydroxylation is 1. The molecule has 0 unspecified atom stereocenters. The fourth-order valence-electron chi connectivity index (χ4n) is 2.15. The molecule has 0 aliphatic carbocycles. The standard InChI is InChI=1S/C16H16N2S2/c1-11-9-19-10-13(11)16-18-15(14(20-16)8-17-2)12-6-4-3-5-7-12/h3-7,9-10,17H,8H2,1-2H3. The van der Waals surface area contributed by atoms with Crippen LogP contribution in [0.3, 0.4) is 0 Å². The molecule has 0 aliphatic heterocycles. The van der Waals surface area contributed by atoms with Crippen LogP contribution in [0.15, 0.2) is 41.1 Å². The third-order valence-electron chi connectivity index (χ3n) is 3.17. The summed E-state index contributed by atoms with van der Waals surface area (Å²) in [5, 5.41) is 8.72. The molecule has 0 aliphatic rings. The Labute approximate surface area is 127 Å². The monoisotopic (exact) mass is 300 g/mol. The summed E-state index contributed by atoms with van der Waals surface area (Å²) in [4.78, 5) is 6.18. The van der Waals surface area contributed by atoms with E-state index in [0.717, 1.165) is 17.2 Å². The van der Waals surface area contributed by atoms with E-state index in [9.17, 15) is 0 Å². The Hall–Kier alpha value is -1.49. The number of thiazole rings is 1. The molecule has 0 radical (unpaired) electrons. The maximum atomic E-state index is 4.89. The Morgan fingerprint density at radius 2 is 1.95 bits per heavy atom. The van der Waals surface area contributed by atoms with E-state index in [4.69, 9.17) is 4.98 Å². The van der Waals surface area contributed by atoms with Crippen molar-refractivity contribution in [2.24, 2.45) is 0 Å². The Morgan fingerprint density at radius 3 is 2.60 bits per heavy atom. The maximum Gasteiger partial charge on any atom is 0.125 e. The zero-order valence-corrected chi connectivity index (χ0v) is 13.1. The minimum Gasteiger partial charge on any atom is -0.315 e. The van der Waals surface area contributed by atoms with Gasteiger partial charge in [0.05, 0.1) is 5.69 Å². The molecule has 0 fully saturated rings. The molecule has 1 aromatic carbocycles. The number of hydrogen-bond acceptors (Lipinski definition) is 4. The van der Waals surface area contributed by atoms with Crippen LogP contribution < -0.4 is 5.32 Å². The van der Waals surface area contributed by atoms with Crippen LogP contribution in [0.2, 0.25) is 0 Å². The molecule has 0 atom stereocenters. The first-order valence-electron chi connectivity index (χ1n) is 6.52. The molecular formula is C16H16N2S2. The number of nitrogens with zero attached hydrogens (tertiary/aromatic N) is 1. The average Bonchev–Trinajstić information content (AvgIpc) is 3.06. The zero-order chi connectivity index (χ0) is 13.9. The second-order valence-electron chi connectivity index (χ2n) is 4.66. The summed E-state index contributed by atoms with van der Waals surface area (Å²) < 4.78 is 0. The van der Waals surface area contributed by atoms with Crippen molar-refractivity contribution in [3.8, 4) is 21.8 Å². The highest BCUT2D eigenvalue weighted by Gasteiger charge is 2.15. The van der Waals surface area contributed by atoms with Gasteiger partial charge in [-0.3, -0.25) is 0 Å². The third kappa shape index (κ3) is 2.54. The van der Waals surface area contributed by atoms with E-state index in [0.29, 0.717) is 0 Å². The van der Waals surface area contributed by atoms with Crippen molar-refractivity contribution in [3.63, 3.8) is 0 Å². The van der Waals surface area contributed by atoms with E-state index in [1.54, 1.807) is 22.7 Å². The molecule has 0 spiro atoms. The summed E-state index contributed by atoms with van der Waals surface area (Å²) >= 11 is 3.52. The maximum absolute atomic E-state index is 4.89. The summed E-state index contributed by atoms with van der Waals surface area (Å²) in [5.41, 5.74) is 4.86. The van der Waals surface area contributed by atoms with Crippen LogP contribution in [-0.4, -0.2) is 12.0 Å². The van der Waals surface area contributed by atoms with Gasteiger partial charge in [-0.25, -0.2) is 4.98 Å². The highest BCUT2D eigenvalue weighted by atomic mass is 32.1. The summed E-state index contributed by atoms with van der Waals surface area (Å²) in [6.45, 7) is 3.00. The minimum absolute atomic E-state index is 0.852. The molecule has 2 nitrogen and oxygen atoms in total. The zero-order valence-electron chi connectivity index (χ0n) is 11.5. The largest absolute Gasteiger partial charge is 0.315 e. The topological polar surface area (TPSA) is 24.9 Å². The van der Waals surface area contributed by atoms with Crippen molar-refractivity contribution in [1.29, 1.82) is 0 Å². The Balaban J connectivity index is 2.10. The number of thiophene rings is 1. The van der Waals surface area contributed by atoms with Gasteiger partial charge in [0.2, 0.25) is 0 Å². The fourth-order valence-corrected chi connectivity index (χ4v) is 4.23. The molecule has 1 N–H and O–H groups in total. The number of aromatic nitrogens is 1. The minimum atomic E-state index is 0.852. The molecule has 2 aromatic heterocycles. The lowest BCUT2D eigenvalue weighted by atomic mass is 10.1. The first-order chi connectivity index (χ1) is 9.79. The Bertz CT molecular complexity index is 698. The number of nitrogens with one attached hydrogen (secondary N) is 1. The van der Waals surface area contributed by atoms with Gasteiger partial charge >= 0.3 is 0 Å². The average molecular weight is 300 g/mol. The van der Waals surface area contributed by atoms with Gasteiger partial charge in [-0.1, -0.05) is 30.3 Å². The van der Waals surface area contributed by atoms with Gasteiger partial charge in [-0.15, -0.1) is 11.3 Å². The molecule has 0 saturated carbocycles. The molecule has 0 amide bonds. The second-order valence-corrected chi connectivity index (χ2v) is 6.48. The van der Waals surface area contributed by atoms with Crippen LogP contribution in [0.4, 0.5) is 0 Å². The lowest BCUT2D eigenvalue weighted by Gasteiger charge is -2.00. The van der Waals surface area contributed by atoms with Gasteiger partial charge in [0, 0.05) is 27.9 Å². The van der Waals surface area contributed by atoms with E-state index in [2.05, 4.69) is 47.3 Å². The number of hydrogen-bond donors (Lipinski definition) is 1. The summed E-state index contributed by atoms with van der Waals surface area (Å²) in [6.07, 6.45) is 0. The smallest absolute Gasteiger partial charge is 0.125 e. The normalized spacial score (nSPS) is 10.9. The van der Waals surface area contributed by atoms with Crippen LogP contribution in [0.5, 0.6) is 0 Å². The van der Waals surface area contributed by atoms with E-state index in [1.807, 2.05) is 13.1 Å². The van der Waals surface area contributed by atoms with Crippen molar-refractivity contribution in [2.75, 3.05) is 7.05 Å². The lowest BCUT2D eigenvalue weighted by molar-refractivity contribution is 0.831. The summed E-state index contributed by atoms with van der Waals surface area (Å²) in [5.74, 6) is 0. The first kappa shape index (κ1) is 13.5. The lowest BCUT2D eigenvalue weighted by Crippen LogP contribution is -2.04. The highest BCUT2D eigenvalue weighted by Crippen LogP contribution is 2.36. The Kier molecular flexibility index (Phi) is 3.96. The van der Waals surface area contributed by atoms with Gasteiger partial charge in [-0.05, 0) is 24.9 Å². The van der Waals surface area contributed by atoms with Gasteiger partial charge in [-0.2, -0.15) is 11.3 Å². The quantitative estimate of drug-likeness (QED) is 0.763. The van der Waals surface area contributed by atoms with E-state index in [-0.39, 0.29) is 0 Å². The van der Waals surface area contributed by atoms with Crippen molar-refractivity contribution < 1.29 is 0 Å². The van der Waals surface area contributed by atoms with Gasteiger partial charge in [0.15, 0.2) is 0 Å².